The van der Waals surface area contributed by atoms with Crippen LogP contribution in [0.4, 0.5) is 0 Å². The maximum Gasteiger partial charge on any atom is 0.155 e. The first-order chi connectivity index (χ1) is 11.5. The van der Waals surface area contributed by atoms with Crippen LogP contribution in [0.25, 0.3) is 5.65 Å². The molecule has 0 saturated heterocycles. The van der Waals surface area contributed by atoms with Crippen molar-refractivity contribution in [2.24, 2.45) is 7.05 Å². The number of fused-ring (bicyclic) bond motifs is 1. The lowest BCUT2D eigenvalue weighted by atomic mass is 10.1. The number of aryl methyl sites for hydroxylation is 3. The van der Waals surface area contributed by atoms with Crippen LogP contribution in [0.1, 0.15) is 41.5 Å². The molecule has 2 atom stereocenters. The van der Waals surface area contributed by atoms with Crippen molar-refractivity contribution in [1.29, 1.82) is 0 Å². The van der Waals surface area contributed by atoms with E-state index < -0.39 is 0 Å². The number of methoxy groups -OCH3 is 1. The van der Waals surface area contributed by atoms with E-state index in [1.807, 2.05) is 43.1 Å². The Labute approximate surface area is 141 Å². The molecule has 0 fully saturated rings. The molecule has 0 spiro atoms. The van der Waals surface area contributed by atoms with Crippen LogP contribution in [0.2, 0.25) is 0 Å². The summed E-state index contributed by atoms with van der Waals surface area (Å²) in [5, 5.41) is 12.4. The van der Waals surface area contributed by atoms with Crippen molar-refractivity contribution >= 4 is 5.65 Å². The van der Waals surface area contributed by atoms with E-state index in [1.165, 1.54) is 0 Å². The summed E-state index contributed by atoms with van der Waals surface area (Å²) in [7, 11) is 3.62. The maximum atomic E-state index is 5.38. The second kappa shape index (κ2) is 6.70. The molecule has 0 bridgehead atoms. The molecule has 0 saturated carbocycles. The third kappa shape index (κ3) is 3.18. The zero-order valence-electron chi connectivity index (χ0n) is 14.8. The molecule has 0 aromatic carbocycles. The Morgan fingerprint density at radius 3 is 2.75 bits per heavy atom. The SMILES string of the molecule is COCC(NC(C)c1cnc2cc(C)nn2c1C)c1cnn(C)c1. The highest BCUT2D eigenvalue weighted by Crippen LogP contribution is 2.22. The Hall–Kier alpha value is -2.25. The van der Waals surface area contributed by atoms with Gasteiger partial charge < -0.3 is 10.1 Å². The lowest BCUT2D eigenvalue weighted by Crippen LogP contribution is -2.28. The second-order valence-electron chi connectivity index (χ2n) is 6.20. The predicted molar refractivity (Wildman–Crippen MR) is 91.8 cm³/mol. The van der Waals surface area contributed by atoms with Gasteiger partial charge in [0.05, 0.1) is 24.5 Å². The molecule has 128 valence electrons. The molecule has 3 rings (SSSR count). The van der Waals surface area contributed by atoms with Crippen LogP contribution >= 0.6 is 0 Å². The molecule has 0 radical (unpaired) electrons. The molecule has 0 aliphatic rings. The summed E-state index contributed by atoms with van der Waals surface area (Å²) >= 11 is 0. The van der Waals surface area contributed by atoms with Crippen LogP contribution in [0, 0.1) is 13.8 Å². The summed E-state index contributed by atoms with van der Waals surface area (Å²) in [5.41, 5.74) is 5.16. The summed E-state index contributed by atoms with van der Waals surface area (Å²) in [5.74, 6) is 0. The van der Waals surface area contributed by atoms with Gasteiger partial charge in [-0.25, -0.2) is 9.50 Å². The number of hydrogen-bond donors (Lipinski definition) is 1. The van der Waals surface area contributed by atoms with Crippen LogP contribution in [0.3, 0.4) is 0 Å². The van der Waals surface area contributed by atoms with E-state index in [0.717, 1.165) is 28.2 Å². The van der Waals surface area contributed by atoms with Crippen molar-refractivity contribution in [3.05, 3.63) is 47.2 Å². The van der Waals surface area contributed by atoms with E-state index >= 15 is 0 Å². The fourth-order valence-electron chi connectivity index (χ4n) is 3.02. The Morgan fingerprint density at radius 1 is 1.29 bits per heavy atom. The molecule has 3 heterocycles. The zero-order chi connectivity index (χ0) is 17.3. The van der Waals surface area contributed by atoms with Crippen LogP contribution in [-0.2, 0) is 11.8 Å². The Morgan fingerprint density at radius 2 is 2.08 bits per heavy atom. The van der Waals surface area contributed by atoms with Gasteiger partial charge in [-0.1, -0.05) is 0 Å². The minimum atomic E-state index is 0.0631. The fourth-order valence-corrected chi connectivity index (χ4v) is 3.02. The largest absolute Gasteiger partial charge is 0.383 e. The Bertz CT molecular complexity index is 837. The molecule has 24 heavy (non-hydrogen) atoms. The minimum Gasteiger partial charge on any atom is -0.383 e. The normalized spacial score (nSPS) is 14.2. The van der Waals surface area contributed by atoms with Crippen molar-refractivity contribution in [3.8, 4) is 0 Å². The molecule has 0 aliphatic heterocycles. The van der Waals surface area contributed by atoms with Gasteiger partial charge in [-0.05, 0) is 20.8 Å². The van der Waals surface area contributed by atoms with Gasteiger partial charge in [0.15, 0.2) is 5.65 Å². The van der Waals surface area contributed by atoms with E-state index in [4.69, 9.17) is 4.74 Å². The van der Waals surface area contributed by atoms with Gasteiger partial charge in [0.2, 0.25) is 0 Å². The van der Waals surface area contributed by atoms with Gasteiger partial charge in [0.1, 0.15) is 0 Å². The summed E-state index contributed by atoms with van der Waals surface area (Å²) in [4.78, 5) is 4.53. The van der Waals surface area contributed by atoms with Crippen molar-refractivity contribution in [1.82, 2.24) is 29.7 Å². The number of hydrogen-bond acceptors (Lipinski definition) is 5. The van der Waals surface area contributed by atoms with Gasteiger partial charge in [0.25, 0.3) is 0 Å². The van der Waals surface area contributed by atoms with Gasteiger partial charge >= 0.3 is 0 Å². The van der Waals surface area contributed by atoms with Crippen LogP contribution < -0.4 is 5.32 Å². The monoisotopic (exact) mass is 328 g/mol. The van der Waals surface area contributed by atoms with Crippen LogP contribution in [0.5, 0.6) is 0 Å². The number of rotatable bonds is 6. The summed E-state index contributed by atoms with van der Waals surface area (Å²) in [6.45, 7) is 6.76. The quantitative estimate of drug-likeness (QED) is 0.750. The molecule has 7 nitrogen and oxygen atoms in total. The first-order valence-corrected chi connectivity index (χ1v) is 8.05. The van der Waals surface area contributed by atoms with Gasteiger partial charge in [-0.3, -0.25) is 4.68 Å². The van der Waals surface area contributed by atoms with E-state index in [-0.39, 0.29) is 12.1 Å². The second-order valence-corrected chi connectivity index (χ2v) is 6.20. The average molecular weight is 328 g/mol. The molecule has 7 heteroatoms. The van der Waals surface area contributed by atoms with Gasteiger partial charge in [-0.15, -0.1) is 0 Å². The summed E-state index contributed by atoms with van der Waals surface area (Å²) in [6.07, 6.45) is 5.81. The third-order valence-corrected chi connectivity index (χ3v) is 4.26. The fraction of sp³-hybridized carbons (Fsp3) is 0.471. The molecule has 1 N–H and O–H groups in total. The molecule has 0 amide bonds. The highest BCUT2D eigenvalue weighted by Gasteiger charge is 2.19. The first-order valence-electron chi connectivity index (χ1n) is 8.05. The smallest absolute Gasteiger partial charge is 0.155 e. The predicted octanol–water partition coefficient (Wildman–Crippen LogP) is 2.12. The highest BCUT2D eigenvalue weighted by atomic mass is 16.5. The van der Waals surface area contributed by atoms with Crippen molar-refractivity contribution < 1.29 is 4.74 Å². The highest BCUT2D eigenvalue weighted by molar-refractivity contribution is 5.42. The number of aromatic nitrogens is 5. The summed E-state index contributed by atoms with van der Waals surface area (Å²) < 4.78 is 9.08. The average Bonchev–Trinajstić information content (AvgIpc) is 3.13. The topological polar surface area (TPSA) is 69.3 Å². The Balaban J connectivity index is 1.87. The van der Waals surface area contributed by atoms with E-state index in [0.29, 0.717) is 6.61 Å². The number of ether oxygens (including phenoxy) is 1. The molecular formula is C17H24N6O. The molecular weight excluding hydrogens is 304 g/mol. The van der Waals surface area contributed by atoms with Crippen molar-refractivity contribution in [2.75, 3.05) is 13.7 Å². The number of nitrogens with one attached hydrogen (secondary N) is 1. The lowest BCUT2D eigenvalue weighted by Gasteiger charge is -2.23. The molecule has 0 aliphatic carbocycles. The van der Waals surface area contributed by atoms with Crippen LogP contribution in [-0.4, -0.2) is 38.1 Å². The molecule has 3 aromatic heterocycles. The standard InChI is InChI=1S/C17H24N6O/c1-11-6-17-18-8-15(13(3)23(17)21-11)12(2)20-16(10-24-5)14-7-19-22(4)9-14/h6-9,12,16,20H,10H2,1-5H3. The van der Waals surface area contributed by atoms with E-state index in [9.17, 15) is 0 Å². The molecule has 2 unspecified atom stereocenters. The van der Waals surface area contributed by atoms with Crippen LogP contribution in [0.15, 0.2) is 24.7 Å². The minimum absolute atomic E-state index is 0.0631. The van der Waals surface area contributed by atoms with E-state index in [1.54, 1.807) is 11.8 Å². The van der Waals surface area contributed by atoms with Gasteiger partial charge in [0, 0.05) is 55.5 Å². The Kier molecular flexibility index (Phi) is 4.64. The van der Waals surface area contributed by atoms with Gasteiger partial charge in [-0.2, -0.15) is 10.2 Å². The maximum absolute atomic E-state index is 5.38. The third-order valence-electron chi connectivity index (χ3n) is 4.26. The zero-order valence-corrected chi connectivity index (χ0v) is 14.8. The summed E-state index contributed by atoms with van der Waals surface area (Å²) in [6, 6.07) is 2.15. The number of nitrogens with zero attached hydrogens (tertiary/aromatic N) is 5. The first kappa shape index (κ1) is 16.6. The van der Waals surface area contributed by atoms with Crippen molar-refractivity contribution in [3.63, 3.8) is 0 Å². The molecule has 3 aromatic rings. The van der Waals surface area contributed by atoms with E-state index in [2.05, 4.69) is 34.3 Å². The van der Waals surface area contributed by atoms with Crippen molar-refractivity contribution in [2.45, 2.75) is 32.9 Å². The lowest BCUT2D eigenvalue weighted by molar-refractivity contribution is 0.162.